The fourth-order valence-electron chi connectivity index (χ4n) is 1.45. The van der Waals surface area contributed by atoms with Gasteiger partial charge in [-0.1, -0.05) is 27.2 Å². The molecule has 1 N–H and O–H groups in total. The molecule has 92 valence electrons. The van der Waals surface area contributed by atoms with Gasteiger partial charge in [-0.2, -0.15) is 0 Å². The number of ether oxygens (including phenoxy) is 2. The highest BCUT2D eigenvalue weighted by molar-refractivity contribution is 4.64. The van der Waals surface area contributed by atoms with Crippen molar-refractivity contribution in [3.05, 3.63) is 0 Å². The molecule has 0 aromatic rings. The van der Waals surface area contributed by atoms with Crippen LogP contribution >= 0.6 is 0 Å². The van der Waals surface area contributed by atoms with Gasteiger partial charge in [0.25, 0.3) is 0 Å². The zero-order valence-corrected chi connectivity index (χ0v) is 10.7. The van der Waals surface area contributed by atoms with Crippen molar-refractivity contribution in [1.82, 2.24) is 5.32 Å². The lowest BCUT2D eigenvalue weighted by atomic mass is 10.2. The maximum absolute atomic E-state index is 5.50. The molecule has 0 spiro atoms. The van der Waals surface area contributed by atoms with Crippen molar-refractivity contribution in [3.63, 3.8) is 0 Å². The van der Waals surface area contributed by atoms with Gasteiger partial charge in [0.05, 0.1) is 13.2 Å². The maximum atomic E-state index is 5.50. The Morgan fingerprint density at radius 1 is 1.20 bits per heavy atom. The molecule has 0 aromatic carbocycles. The van der Waals surface area contributed by atoms with Crippen LogP contribution in [-0.2, 0) is 9.47 Å². The molecule has 0 aliphatic carbocycles. The summed E-state index contributed by atoms with van der Waals surface area (Å²) in [5.41, 5.74) is 0. The molecule has 0 amide bonds. The van der Waals surface area contributed by atoms with E-state index in [1.165, 1.54) is 6.42 Å². The molecule has 1 unspecified atom stereocenters. The van der Waals surface area contributed by atoms with Crippen molar-refractivity contribution in [3.8, 4) is 0 Å². The van der Waals surface area contributed by atoms with E-state index in [9.17, 15) is 0 Å². The predicted molar refractivity (Wildman–Crippen MR) is 64.2 cm³/mol. The van der Waals surface area contributed by atoms with Crippen LogP contribution in [0.3, 0.4) is 0 Å². The van der Waals surface area contributed by atoms with E-state index in [-0.39, 0.29) is 0 Å². The predicted octanol–water partition coefficient (Wildman–Crippen LogP) is 2.06. The summed E-state index contributed by atoms with van der Waals surface area (Å²) in [5.74, 6) is 0.621. The Labute approximate surface area is 94.5 Å². The van der Waals surface area contributed by atoms with Crippen LogP contribution in [0.2, 0.25) is 0 Å². The van der Waals surface area contributed by atoms with E-state index in [0.717, 1.165) is 32.8 Å². The van der Waals surface area contributed by atoms with Crippen molar-refractivity contribution in [2.75, 3.05) is 33.5 Å². The highest BCUT2D eigenvalue weighted by Gasteiger charge is 2.05. The van der Waals surface area contributed by atoms with E-state index in [1.807, 2.05) is 0 Å². The molecule has 0 radical (unpaired) electrons. The van der Waals surface area contributed by atoms with Crippen LogP contribution in [-0.4, -0.2) is 39.5 Å². The summed E-state index contributed by atoms with van der Waals surface area (Å²) in [6, 6.07) is 0.475. The molecule has 0 saturated carbocycles. The molecule has 0 aromatic heterocycles. The first-order valence-corrected chi connectivity index (χ1v) is 6.00. The topological polar surface area (TPSA) is 30.5 Å². The number of hydrogen-bond acceptors (Lipinski definition) is 3. The van der Waals surface area contributed by atoms with Gasteiger partial charge in [-0.05, 0) is 12.3 Å². The van der Waals surface area contributed by atoms with Crippen LogP contribution in [0.15, 0.2) is 0 Å². The van der Waals surface area contributed by atoms with E-state index in [2.05, 4.69) is 26.1 Å². The summed E-state index contributed by atoms with van der Waals surface area (Å²) < 4.78 is 10.6. The summed E-state index contributed by atoms with van der Waals surface area (Å²) in [6.45, 7) is 9.88. The number of nitrogens with one attached hydrogen (secondary N) is 1. The second kappa shape index (κ2) is 10.4. The van der Waals surface area contributed by atoms with Gasteiger partial charge in [0.15, 0.2) is 0 Å². The van der Waals surface area contributed by atoms with Gasteiger partial charge in [0.1, 0.15) is 0 Å². The van der Waals surface area contributed by atoms with Gasteiger partial charge in [-0.3, -0.25) is 0 Å². The fourth-order valence-corrected chi connectivity index (χ4v) is 1.45. The average Bonchev–Trinajstić information content (AvgIpc) is 2.17. The Balaban J connectivity index is 3.36. The lowest BCUT2D eigenvalue weighted by molar-refractivity contribution is 0.103. The number of rotatable bonds is 10. The first kappa shape index (κ1) is 14.9. The minimum atomic E-state index is 0.475. The Morgan fingerprint density at radius 3 is 2.47 bits per heavy atom. The summed E-state index contributed by atoms with van der Waals surface area (Å²) in [5, 5.41) is 3.45. The zero-order valence-electron chi connectivity index (χ0n) is 10.7. The molecule has 0 saturated heterocycles. The number of hydrogen-bond donors (Lipinski definition) is 1. The molecule has 3 heteroatoms. The quantitative estimate of drug-likeness (QED) is 0.568. The number of methoxy groups -OCH3 is 1. The third kappa shape index (κ3) is 10.2. The molecular formula is C12H27NO2. The molecule has 0 heterocycles. The van der Waals surface area contributed by atoms with Crippen LogP contribution in [0.4, 0.5) is 0 Å². The van der Waals surface area contributed by atoms with Crippen LogP contribution in [0, 0.1) is 5.92 Å². The Kier molecular flexibility index (Phi) is 10.3. The lowest BCUT2D eigenvalue weighted by Gasteiger charge is -2.17. The fraction of sp³-hybridized carbons (Fsp3) is 1.00. The SMILES string of the molecule is CCCC(COC)NCCOCC(C)C. The Bertz CT molecular complexity index is 123. The van der Waals surface area contributed by atoms with E-state index in [0.29, 0.717) is 12.0 Å². The minimum Gasteiger partial charge on any atom is -0.383 e. The van der Waals surface area contributed by atoms with Crippen LogP contribution in [0.1, 0.15) is 33.6 Å². The highest BCUT2D eigenvalue weighted by Crippen LogP contribution is 1.97. The van der Waals surface area contributed by atoms with E-state index < -0.39 is 0 Å². The standard InChI is InChI=1S/C12H27NO2/c1-5-6-12(10-14-4)13-7-8-15-9-11(2)3/h11-13H,5-10H2,1-4H3. The van der Waals surface area contributed by atoms with Crippen molar-refractivity contribution < 1.29 is 9.47 Å². The van der Waals surface area contributed by atoms with Crippen LogP contribution < -0.4 is 5.32 Å². The molecule has 0 aliphatic rings. The first-order chi connectivity index (χ1) is 7.20. The third-order valence-corrected chi connectivity index (χ3v) is 2.14. The smallest absolute Gasteiger partial charge is 0.0615 e. The summed E-state index contributed by atoms with van der Waals surface area (Å²) in [7, 11) is 1.75. The third-order valence-electron chi connectivity index (χ3n) is 2.14. The van der Waals surface area contributed by atoms with Crippen LogP contribution in [0.5, 0.6) is 0 Å². The summed E-state index contributed by atoms with van der Waals surface area (Å²) in [6.07, 6.45) is 2.35. The molecule has 15 heavy (non-hydrogen) atoms. The van der Waals surface area contributed by atoms with E-state index in [1.54, 1.807) is 7.11 Å². The maximum Gasteiger partial charge on any atom is 0.0615 e. The van der Waals surface area contributed by atoms with Gasteiger partial charge < -0.3 is 14.8 Å². The average molecular weight is 217 g/mol. The molecule has 0 aliphatic heterocycles. The summed E-state index contributed by atoms with van der Waals surface area (Å²) in [4.78, 5) is 0. The largest absolute Gasteiger partial charge is 0.383 e. The zero-order chi connectivity index (χ0) is 11.5. The van der Waals surface area contributed by atoms with E-state index in [4.69, 9.17) is 9.47 Å². The normalized spacial score (nSPS) is 13.4. The second-order valence-electron chi connectivity index (χ2n) is 4.36. The van der Waals surface area contributed by atoms with Gasteiger partial charge in [-0.15, -0.1) is 0 Å². The van der Waals surface area contributed by atoms with Crippen molar-refractivity contribution in [2.24, 2.45) is 5.92 Å². The molecule has 0 rings (SSSR count). The Morgan fingerprint density at radius 2 is 1.93 bits per heavy atom. The van der Waals surface area contributed by atoms with Crippen molar-refractivity contribution in [1.29, 1.82) is 0 Å². The lowest BCUT2D eigenvalue weighted by Crippen LogP contribution is -2.35. The highest BCUT2D eigenvalue weighted by atomic mass is 16.5. The van der Waals surface area contributed by atoms with Gasteiger partial charge in [-0.25, -0.2) is 0 Å². The van der Waals surface area contributed by atoms with Crippen LogP contribution in [0.25, 0.3) is 0 Å². The van der Waals surface area contributed by atoms with Crippen molar-refractivity contribution in [2.45, 2.75) is 39.7 Å². The second-order valence-corrected chi connectivity index (χ2v) is 4.36. The molecular weight excluding hydrogens is 190 g/mol. The monoisotopic (exact) mass is 217 g/mol. The van der Waals surface area contributed by atoms with Crippen molar-refractivity contribution >= 4 is 0 Å². The molecule has 0 bridgehead atoms. The Hall–Kier alpha value is -0.120. The molecule has 1 atom stereocenters. The molecule has 3 nitrogen and oxygen atoms in total. The molecule has 0 fully saturated rings. The minimum absolute atomic E-state index is 0.475. The summed E-state index contributed by atoms with van der Waals surface area (Å²) >= 11 is 0. The van der Waals surface area contributed by atoms with Gasteiger partial charge in [0, 0.05) is 26.3 Å². The van der Waals surface area contributed by atoms with Gasteiger partial charge >= 0.3 is 0 Å². The first-order valence-electron chi connectivity index (χ1n) is 6.00. The van der Waals surface area contributed by atoms with Gasteiger partial charge in [0.2, 0.25) is 0 Å². The van der Waals surface area contributed by atoms with E-state index >= 15 is 0 Å².